The molecule has 1 aliphatic heterocycles. The van der Waals surface area contributed by atoms with Crippen molar-refractivity contribution in [1.29, 1.82) is 0 Å². The van der Waals surface area contributed by atoms with Crippen LogP contribution in [0.4, 0.5) is 0 Å². The largest absolute Gasteiger partial charge is 0.458 e. The van der Waals surface area contributed by atoms with E-state index < -0.39 is 176 Å². The number of carbonyl (C=O) groups is 11. The van der Waals surface area contributed by atoms with Crippen molar-refractivity contribution in [2.45, 2.75) is 106 Å². The molecule has 0 spiro atoms. The molecule has 1 fully saturated rings. The third-order valence-corrected chi connectivity index (χ3v) is 12.3. The van der Waals surface area contributed by atoms with Crippen LogP contribution in [0.1, 0.15) is 20.8 Å². The minimum atomic E-state index is -1.73. The number of aliphatic hydroxyl groups is 4. The molecule has 0 bridgehead atoms. The fourth-order valence-electron chi connectivity index (χ4n) is 5.65. The van der Waals surface area contributed by atoms with E-state index in [0.29, 0.717) is 0 Å². The van der Waals surface area contributed by atoms with Crippen LogP contribution in [0.25, 0.3) is 0 Å². The second kappa shape index (κ2) is 35.8. The lowest BCUT2D eigenvalue weighted by molar-refractivity contribution is -0.301. The summed E-state index contributed by atoms with van der Waals surface area (Å²) in [7, 11) is 0. The second-order valence-corrected chi connectivity index (χ2v) is 18.2. The highest BCUT2D eigenvalue weighted by atomic mass is 32.1. The molecule has 0 unspecified atom stereocenters. The maximum Gasteiger partial charge on any atom is 0.329 e. The molecule has 1 saturated heterocycles. The van der Waals surface area contributed by atoms with Crippen LogP contribution in [0.15, 0.2) is 5.16 Å². The number of oxime groups is 1. The van der Waals surface area contributed by atoms with Gasteiger partial charge in [0.2, 0.25) is 59.1 Å². The fourth-order valence-corrected chi connectivity index (χ4v) is 7.09. The lowest BCUT2D eigenvalue weighted by atomic mass is 9.99. The van der Waals surface area contributed by atoms with Gasteiger partial charge < -0.3 is 93.6 Å². The molecule has 0 radical (unpaired) electrons. The van der Waals surface area contributed by atoms with Gasteiger partial charge in [0.25, 0.3) is 6.29 Å². The molecule has 1 aliphatic rings. The Morgan fingerprint density at radius 2 is 0.920 bits per heavy atom. The molecule has 0 aliphatic carbocycles. The third-order valence-electron chi connectivity index (χ3n) is 10.1. The van der Waals surface area contributed by atoms with Gasteiger partial charge >= 0.3 is 5.97 Å². The molecule has 16 N–H and O–H groups in total. The van der Waals surface area contributed by atoms with Crippen molar-refractivity contribution < 1.29 is 87.5 Å². The summed E-state index contributed by atoms with van der Waals surface area (Å²) in [5.74, 6) is -10.6. The number of amides is 10. The van der Waals surface area contributed by atoms with Gasteiger partial charge in [0.1, 0.15) is 79.4 Å². The summed E-state index contributed by atoms with van der Waals surface area (Å²) in [6.45, 7) is 1.39. The summed E-state index contributed by atoms with van der Waals surface area (Å²) < 4.78 is 10.1. The summed E-state index contributed by atoms with van der Waals surface area (Å²) >= 11 is 24.2. The van der Waals surface area contributed by atoms with Gasteiger partial charge in [-0.05, 0) is 20.8 Å². The van der Waals surface area contributed by atoms with E-state index in [-0.39, 0.29) is 34.5 Å². The summed E-state index contributed by atoms with van der Waals surface area (Å²) in [5.41, 5.74) is 5.54. The number of nitrogens with zero attached hydrogens (tertiary/aromatic N) is 1. The Hall–Kier alpha value is -4.50. The standard InChI is InChI=1S/C39H66N12O18S6/c1-15(30(58)49-19(10-71)34(62)42-7-26(54)48-23(14-75)38(66)67-5-4-43-69-39-29(57)28(56)27(55)24(8-52)68-39)45-36(64)21(12-73)51-32(60)17(3)46-37(65)22(13-74)50-31(59)16(2)44-35(63)20(11-72)47-25(53)6-41-33(61)18(40)9-70/h4,15-24,27-29,39,52,55-57,70-75H,5-14,40H2,1-3H3,(H,41,61)(H,42,62)(H,44,63)(H,45,64)(H,46,65)(H,47,53)(H,48,54)(H,49,58)(H,50,59)(H,51,60)/b43-4+/t15-,16-,17-,18-,19-,20-,21-,22-,23-,24+,27+,28-,29-,39+/m0/s1. The maximum absolute atomic E-state index is 13.1. The van der Waals surface area contributed by atoms with Crippen LogP contribution < -0.4 is 58.9 Å². The molecule has 30 nitrogen and oxygen atoms in total. The highest BCUT2D eigenvalue weighted by Gasteiger charge is 2.45. The van der Waals surface area contributed by atoms with Crippen molar-refractivity contribution in [3.63, 3.8) is 0 Å². The lowest BCUT2D eigenvalue weighted by Crippen LogP contribution is -2.60. The first-order chi connectivity index (χ1) is 35.3. The van der Waals surface area contributed by atoms with Gasteiger partial charge in [-0.2, -0.15) is 75.8 Å². The molecule has 14 atom stereocenters. The monoisotopic (exact) mass is 1180 g/mol. The van der Waals surface area contributed by atoms with Crippen LogP contribution in [0.2, 0.25) is 0 Å². The first-order valence-electron chi connectivity index (χ1n) is 22.4. The van der Waals surface area contributed by atoms with Crippen LogP contribution in [0.5, 0.6) is 0 Å². The molecule has 0 aromatic rings. The Morgan fingerprint density at radius 1 is 0.533 bits per heavy atom. The topological polar surface area (TPSA) is 455 Å². The summed E-state index contributed by atoms with van der Waals surface area (Å²) in [4.78, 5) is 145. The van der Waals surface area contributed by atoms with Gasteiger partial charge in [0, 0.05) is 34.5 Å². The zero-order chi connectivity index (χ0) is 57.1. The minimum Gasteiger partial charge on any atom is -0.458 e. The SMILES string of the molecule is C[C@H](NC(=O)[C@H](CS)NC(=O)CNC(=O)[C@@H](N)CS)C(=O)N[C@@H](CS)C(=O)N[C@@H](C)C(=O)N[C@@H](CS)C(=O)N[C@@H](C)C(=O)N[C@@H](CS)C(=O)NCC(=O)N[C@@H](CS)C(=O)OC/C=N/O[C@H]1O[C@H](CO)[C@@H](O)[C@H](O)[C@@H]1O. The molecule has 426 valence electrons. The van der Waals surface area contributed by atoms with Crippen LogP contribution >= 0.6 is 75.8 Å². The van der Waals surface area contributed by atoms with Gasteiger partial charge in [-0.25, -0.2) is 4.79 Å². The molecule has 0 aromatic heterocycles. The van der Waals surface area contributed by atoms with Gasteiger partial charge in [-0.15, -0.1) is 0 Å². The molecule has 0 saturated carbocycles. The van der Waals surface area contributed by atoms with E-state index in [4.69, 9.17) is 20.0 Å². The summed E-state index contributed by atoms with van der Waals surface area (Å²) in [6, 6.07) is -11.5. The lowest BCUT2D eigenvalue weighted by Gasteiger charge is -2.38. The van der Waals surface area contributed by atoms with E-state index in [2.05, 4.69) is 134 Å². The zero-order valence-electron chi connectivity index (χ0n) is 40.4. The quantitative estimate of drug-likeness (QED) is 0.0129. The molecular weight excluding hydrogens is 1120 g/mol. The summed E-state index contributed by atoms with van der Waals surface area (Å²) in [5, 5.41) is 65.7. The van der Waals surface area contributed by atoms with Crippen LogP contribution in [0, 0.1) is 0 Å². The van der Waals surface area contributed by atoms with E-state index in [9.17, 15) is 73.2 Å². The van der Waals surface area contributed by atoms with Gasteiger partial charge in [-0.1, -0.05) is 5.16 Å². The number of nitrogens with two attached hydrogens (primary N) is 1. The highest BCUT2D eigenvalue weighted by Crippen LogP contribution is 2.22. The molecule has 1 rings (SSSR count). The minimum absolute atomic E-state index is 0.0291. The van der Waals surface area contributed by atoms with Crippen molar-refractivity contribution in [2.75, 3.05) is 60.8 Å². The zero-order valence-corrected chi connectivity index (χ0v) is 45.8. The van der Waals surface area contributed by atoms with Gasteiger partial charge in [-0.3, -0.25) is 47.9 Å². The number of rotatable bonds is 32. The Morgan fingerprint density at radius 3 is 1.32 bits per heavy atom. The Labute approximate surface area is 463 Å². The molecule has 10 amide bonds. The average Bonchev–Trinajstić information content (AvgIpc) is 3.38. The Kier molecular flexibility index (Phi) is 32.7. The van der Waals surface area contributed by atoms with E-state index in [0.717, 1.165) is 6.21 Å². The number of hydrogen-bond acceptors (Lipinski definition) is 26. The normalized spacial score (nSPS) is 20.8. The summed E-state index contributed by atoms with van der Waals surface area (Å²) in [6.07, 6.45) is -6.97. The van der Waals surface area contributed by atoms with Crippen molar-refractivity contribution in [3.8, 4) is 0 Å². The van der Waals surface area contributed by atoms with Crippen LogP contribution in [-0.2, 0) is 67.1 Å². The first-order valence-corrected chi connectivity index (χ1v) is 26.2. The molecule has 1 heterocycles. The molecule has 75 heavy (non-hydrogen) atoms. The highest BCUT2D eigenvalue weighted by molar-refractivity contribution is 7.81. The number of esters is 1. The maximum atomic E-state index is 13.1. The number of nitrogens with one attached hydrogen (secondary N) is 10. The number of carbonyl (C=O) groups excluding carboxylic acids is 11. The Balaban J connectivity index is 2.64. The van der Waals surface area contributed by atoms with Crippen molar-refractivity contribution >= 4 is 147 Å². The van der Waals surface area contributed by atoms with Crippen molar-refractivity contribution in [2.24, 2.45) is 10.9 Å². The first kappa shape index (κ1) is 68.5. The van der Waals surface area contributed by atoms with Gasteiger partial charge in [0.05, 0.1) is 32.0 Å². The third kappa shape index (κ3) is 23.7. The van der Waals surface area contributed by atoms with E-state index in [1.54, 1.807) is 0 Å². The van der Waals surface area contributed by atoms with Crippen molar-refractivity contribution in [3.05, 3.63) is 0 Å². The van der Waals surface area contributed by atoms with Crippen LogP contribution in [-0.4, -0.2) is 238 Å². The average molecular weight is 1180 g/mol. The number of hydrogen-bond donors (Lipinski definition) is 21. The predicted octanol–water partition coefficient (Wildman–Crippen LogP) is -9.59. The van der Waals surface area contributed by atoms with Gasteiger partial charge in [0.15, 0.2) is 0 Å². The van der Waals surface area contributed by atoms with Crippen molar-refractivity contribution in [1.82, 2.24) is 53.2 Å². The van der Waals surface area contributed by atoms with E-state index in [1.807, 2.05) is 0 Å². The Bertz CT molecular complexity index is 2010. The smallest absolute Gasteiger partial charge is 0.329 e. The molecule has 0 aromatic carbocycles. The van der Waals surface area contributed by atoms with Crippen LogP contribution in [0.3, 0.4) is 0 Å². The fraction of sp³-hybridized carbons (Fsp3) is 0.692. The second-order valence-electron chi connectivity index (χ2n) is 16.0. The molecular formula is C39H66N12O18S6. The molecule has 36 heteroatoms. The predicted molar refractivity (Wildman–Crippen MR) is 284 cm³/mol. The van der Waals surface area contributed by atoms with E-state index in [1.165, 1.54) is 20.8 Å². The number of thiol groups is 6. The number of aliphatic hydroxyl groups excluding tert-OH is 4. The number of ether oxygens (including phenoxy) is 2. The van der Waals surface area contributed by atoms with E-state index >= 15 is 0 Å².